The van der Waals surface area contributed by atoms with E-state index in [0.29, 0.717) is 10.6 Å². The lowest BCUT2D eigenvalue weighted by Crippen LogP contribution is -2.14. The molecular weight excluding hydrogens is 555 g/mol. The Labute approximate surface area is 151 Å². The summed E-state index contributed by atoms with van der Waals surface area (Å²) in [6.45, 7) is 0. The Hall–Kier alpha value is 0.140. The molecule has 0 bridgehead atoms. The van der Waals surface area contributed by atoms with Gasteiger partial charge >= 0.3 is 0 Å². The minimum Gasteiger partial charge on any atom is -0.321 e. The summed E-state index contributed by atoms with van der Waals surface area (Å²) >= 11 is 13.6. The highest BCUT2D eigenvalue weighted by Gasteiger charge is 2.12. The molecule has 0 fully saturated rings. The van der Waals surface area contributed by atoms with Crippen molar-refractivity contribution in [1.29, 1.82) is 0 Å². The van der Waals surface area contributed by atoms with Gasteiger partial charge in [0, 0.05) is 16.6 Å². The van der Waals surface area contributed by atoms with Gasteiger partial charge in [-0.1, -0.05) is 27.5 Å². The van der Waals surface area contributed by atoms with Crippen molar-refractivity contribution in [3.05, 3.63) is 58.6 Å². The van der Waals surface area contributed by atoms with Gasteiger partial charge in [-0.15, -0.1) is 0 Å². The van der Waals surface area contributed by atoms with Crippen LogP contribution in [0, 0.1) is 7.14 Å². The lowest BCUT2D eigenvalue weighted by atomic mass is 10.2. The number of hydrogen-bond donors (Lipinski definition) is 1. The van der Waals surface area contributed by atoms with Crippen LogP contribution in [0.5, 0.6) is 0 Å². The van der Waals surface area contributed by atoms with Gasteiger partial charge in [0.25, 0.3) is 5.91 Å². The van der Waals surface area contributed by atoms with Gasteiger partial charge in [0.2, 0.25) is 0 Å². The van der Waals surface area contributed by atoms with Crippen LogP contribution in [-0.4, -0.2) is 5.91 Å². The third-order valence-corrected chi connectivity index (χ3v) is 4.91. The predicted octanol–water partition coefficient (Wildman–Crippen LogP) is 5.56. The van der Waals surface area contributed by atoms with Crippen molar-refractivity contribution in [1.82, 2.24) is 0 Å². The Morgan fingerprint density at radius 3 is 2.53 bits per heavy atom. The molecular formula is C13H7BrClI2NO. The third kappa shape index (κ3) is 4.05. The molecule has 98 valence electrons. The van der Waals surface area contributed by atoms with Gasteiger partial charge < -0.3 is 5.32 Å². The zero-order valence-corrected chi connectivity index (χ0v) is 16.0. The average Bonchev–Trinajstić information content (AvgIpc) is 2.35. The summed E-state index contributed by atoms with van der Waals surface area (Å²) in [7, 11) is 0. The quantitative estimate of drug-likeness (QED) is 0.478. The summed E-state index contributed by atoms with van der Waals surface area (Å²) in [6, 6.07) is 11.0. The van der Waals surface area contributed by atoms with Crippen LogP contribution in [0.4, 0.5) is 5.69 Å². The van der Waals surface area contributed by atoms with E-state index in [0.717, 1.165) is 17.3 Å². The van der Waals surface area contributed by atoms with Gasteiger partial charge in [-0.25, -0.2) is 0 Å². The topological polar surface area (TPSA) is 29.1 Å². The van der Waals surface area contributed by atoms with Crippen LogP contribution >= 0.6 is 72.7 Å². The number of carbonyl (C=O) groups is 1. The molecule has 0 aromatic heterocycles. The number of rotatable bonds is 2. The van der Waals surface area contributed by atoms with Crippen LogP contribution in [0.25, 0.3) is 0 Å². The fourth-order valence-corrected chi connectivity index (χ4v) is 3.40. The Morgan fingerprint density at radius 1 is 1.11 bits per heavy atom. The summed E-state index contributed by atoms with van der Waals surface area (Å²) in [5.41, 5.74) is 1.39. The highest BCUT2D eigenvalue weighted by atomic mass is 127. The van der Waals surface area contributed by atoms with Gasteiger partial charge in [0.1, 0.15) is 0 Å². The van der Waals surface area contributed by atoms with E-state index in [2.05, 4.69) is 66.4 Å². The molecule has 0 heterocycles. The molecule has 1 amide bonds. The molecule has 2 nitrogen and oxygen atoms in total. The fraction of sp³-hybridized carbons (Fsp3) is 0. The standard InChI is InChI=1S/C13H7BrClI2NO/c14-7-1-3-10(16)9(5-7)13(19)18-12-4-2-8(15)6-11(12)17/h1-6H,(H,18,19). The minimum absolute atomic E-state index is 0.133. The number of nitrogens with one attached hydrogen (secondary N) is 1. The van der Waals surface area contributed by atoms with Crippen LogP contribution < -0.4 is 5.32 Å². The smallest absolute Gasteiger partial charge is 0.256 e. The maximum atomic E-state index is 12.3. The van der Waals surface area contributed by atoms with Crippen molar-refractivity contribution in [2.24, 2.45) is 0 Å². The Morgan fingerprint density at radius 2 is 1.84 bits per heavy atom. The highest BCUT2D eigenvalue weighted by Crippen LogP contribution is 2.24. The third-order valence-electron chi connectivity index (χ3n) is 2.35. The first kappa shape index (κ1) is 15.5. The van der Waals surface area contributed by atoms with Crippen molar-refractivity contribution in [2.45, 2.75) is 0 Å². The van der Waals surface area contributed by atoms with E-state index in [-0.39, 0.29) is 5.91 Å². The molecule has 0 saturated carbocycles. The summed E-state index contributed by atoms with van der Waals surface area (Å²) in [5.74, 6) is -0.133. The molecule has 0 unspecified atom stereocenters. The van der Waals surface area contributed by atoms with E-state index in [4.69, 9.17) is 11.6 Å². The molecule has 19 heavy (non-hydrogen) atoms. The molecule has 2 aromatic rings. The maximum absolute atomic E-state index is 12.3. The van der Waals surface area contributed by atoms with Crippen molar-refractivity contribution in [2.75, 3.05) is 5.32 Å². The number of anilines is 1. The van der Waals surface area contributed by atoms with Gasteiger partial charge in [-0.05, 0) is 81.6 Å². The molecule has 1 N–H and O–H groups in total. The molecule has 0 atom stereocenters. The van der Waals surface area contributed by atoms with E-state index in [1.165, 1.54) is 0 Å². The first-order valence-corrected chi connectivity index (χ1v) is 8.51. The van der Waals surface area contributed by atoms with Crippen LogP contribution in [-0.2, 0) is 0 Å². The number of hydrogen-bond acceptors (Lipinski definition) is 1. The molecule has 0 radical (unpaired) electrons. The second-order valence-corrected chi connectivity index (χ2v) is 7.38. The SMILES string of the molecule is O=C(Nc1ccc(Cl)cc1I)c1cc(Br)ccc1I. The summed E-state index contributed by atoms with van der Waals surface area (Å²) in [6.07, 6.45) is 0. The van der Waals surface area contributed by atoms with Crippen molar-refractivity contribution in [3.8, 4) is 0 Å². The average molecular weight is 562 g/mol. The predicted molar refractivity (Wildman–Crippen MR) is 99.0 cm³/mol. The summed E-state index contributed by atoms with van der Waals surface area (Å²) in [4.78, 5) is 12.3. The fourth-order valence-electron chi connectivity index (χ4n) is 1.45. The number of halogens is 4. The van der Waals surface area contributed by atoms with Crippen LogP contribution in [0.15, 0.2) is 40.9 Å². The Kier molecular flexibility index (Phi) is 5.50. The van der Waals surface area contributed by atoms with Crippen LogP contribution in [0.1, 0.15) is 10.4 Å². The molecule has 2 aromatic carbocycles. The van der Waals surface area contributed by atoms with E-state index < -0.39 is 0 Å². The van der Waals surface area contributed by atoms with Crippen molar-refractivity contribution < 1.29 is 4.79 Å². The lowest BCUT2D eigenvalue weighted by molar-refractivity contribution is 0.102. The molecule has 0 spiro atoms. The normalized spacial score (nSPS) is 10.3. The number of amides is 1. The highest BCUT2D eigenvalue weighted by molar-refractivity contribution is 14.1. The zero-order valence-electron chi connectivity index (χ0n) is 9.38. The van der Waals surface area contributed by atoms with Gasteiger partial charge in [-0.3, -0.25) is 4.79 Å². The maximum Gasteiger partial charge on any atom is 0.256 e. The number of carbonyl (C=O) groups excluding carboxylic acids is 1. The molecule has 2 rings (SSSR count). The van der Waals surface area contributed by atoms with Gasteiger partial charge in [0.15, 0.2) is 0 Å². The molecule has 6 heteroatoms. The first-order chi connectivity index (χ1) is 8.97. The van der Waals surface area contributed by atoms with Crippen molar-refractivity contribution >= 4 is 84.3 Å². The summed E-state index contributed by atoms with van der Waals surface area (Å²) < 4.78 is 2.69. The molecule has 0 aliphatic heterocycles. The second kappa shape index (κ2) is 6.73. The molecule has 0 aliphatic carbocycles. The van der Waals surface area contributed by atoms with Gasteiger partial charge in [-0.2, -0.15) is 0 Å². The second-order valence-electron chi connectivity index (χ2n) is 3.70. The van der Waals surface area contributed by atoms with Crippen molar-refractivity contribution in [3.63, 3.8) is 0 Å². The van der Waals surface area contributed by atoms with Gasteiger partial charge in [0.05, 0.1) is 11.3 Å². The minimum atomic E-state index is -0.133. The molecule has 0 aliphatic rings. The van der Waals surface area contributed by atoms with Crippen LogP contribution in [0.3, 0.4) is 0 Å². The van der Waals surface area contributed by atoms with Crippen LogP contribution in [0.2, 0.25) is 5.02 Å². The summed E-state index contributed by atoms with van der Waals surface area (Å²) in [5, 5.41) is 3.54. The van der Waals surface area contributed by atoms with E-state index in [9.17, 15) is 4.79 Å². The Bertz CT molecular complexity index is 649. The largest absolute Gasteiger partial charge is 0.321 e. The monoisotopic (exact) mass is 561 g/mol. The zero-order chi connectivity index (χ0) is 14.0. The Balaban J connectivity index is 2.28. The first-order valence-electron chi connectivity index (χ1n) is 5.19. The molecule has 0 saturated heterocycles. The number of benzene rings is 2. The lowest BCUT2D eigenvalue weighted by Gasteiger charge is -2.09. The van der Waals surface area contributed by atoms with E-state index >= 15 is 0 Å². The van der Waals surface area contributed by atoms with E-state index in [1.807, 2.05) is 18.2 Å². The van der Waals surface area contributed by atoms with E-state index in [1.54, 1.807) is 18.2 Å².